The third-order valence-electron chi connectivity index (χ3n) is 4.39. The number of nitrogens with two attached hydrogens (primary N) is 1. The number of amides is 1. The van der Waals surface area contributed by atoms with Crippen LogP contribution in [0.15, 0.2) is 12.4 Å². The van der Waals surface area contributed by atoms with E-state index >= 15 is 0 Å². The molecule has 1 fully saturated rings. The second-order valence-corrected chi connectivity index (χ2v) is 5.41. The van der Waals surface area contributed by atoms with Gasteiger partial charge in [0.2, 0.25) is 5.91 Å². The summed E-state index contributed by atoms with van der Waals surface area (Å²) in [6.07, 6.45) is 7.78. The van der Waals surface area contributed by atoms with Crippen LogP contribution in [0.2, 0.25) is 0 Å². The van der Waals surface area contributed by atoms with Crippen molar-refractivity contribution in [2.24, 2.45) is 11.7 Å². The Bertz CT molecular complexity index is 442. The highest BCUT2D eigenvalue weighted by atomic mass is 16.1. The third-order valence-corrected chi connectivity index (χ3v) is 4.39. The van der Waals surface area contributed by atoms with E-state index in [2.05, 4.69) is 14.9 Å². The predicted molar refractivity (Wildman–Crippen MR) is 74.5 cm³/mol. The molecule has 0 bridgehead atoms. The summed E-state index contributed by atoms with van der Waals surface area (Å²) in [7, 11) is 0. The lowest BCUT2D eigenvalue weighted by Gasteiger charge is -2.33. The van der Waals surface area contributed by atoms with E-state index < -0.39 is 5.54 Å². The topological polar surface area (TPSA) is 72.9 Å². The van der Waals surface area contributed by atoms with Crippen molar-refractivity contribution in [2.45, 2.75) is 51.6 Å². The molecule has 1 saturated carbocycles. The molecule has 1 amide bonds. The summed E-state index contributed by atoms with van der Waals surface area (Å²) in [5.74, 6) is 1.15. The number of nitrogens with zero attached hydrogens (tertiary/aromatic N) is 2. The molecule has 0 saturated heterocycles. The molecular weight excluding hydrogens is 240 g/mol. The monoisotopic (exact) mass is 264 g/mol. The van der Waals surface area contributed by atoms with Gasteiger partial charge in [-0.2, -0.15) is 0 Å². The zero-order valence-electron chi connectivity index (χ0n) is 11.9. The standard InChI is InChI=1S/C14H24N4O/c1-3-17-14(13(15)19)7-4-5-12(14)6-9-18-10-8-16-11(18)2/h8,10,12,17H,3-7,9H2,1-2H3,(H2,15,19). The summed E-state index contributed by atoms with van der Waals surface area (Å²) in [6, 6.07) is 0. The number of aromatic nitrogens is 2. The zero-order valence-corrected chi connectivity index (χ0v) is 11.9. The Morgan fingerprint density at radius 3 is 3.05 bits per heavy atom. The van der Waals surface area contributed by atoms with Crippen molar-refractivity contribution < 1.29 is 4.79 Å². The molecule has 1 aromatic rings. The number of aryl methyl sites for hydroxylation is 2. The SMILES string of the molecule is CCNC1(C(N)=O)CCCC1CCn1ccnc1C. The lowest BCUT2D eigenvalue weighted by atomic mass is 9.83. The Balaban J connectivity index is 2.05. The van der Waals surface area contributed by atoms with Crippen LogP contribution in [0.3, 0.4) is 0 Å². The number of primary amides is 1. The van der Waals surface area contributed by atoms with E-state index in [4.69, 9.17) is 5.73 Å². The molecule has 1 aliphatic carbocycles. The fourth-order valence-electron chi connectivity index (χ4n) is 3.36. The number of imidazole rings is 1. The molecule has 2 atom stereocenters. The molecule has 1 aromatic heterocycles. The van der Waals surface area contributed by atoms with Gasteiger partial charge >= 0.3 is 0 Å². The zero-order chi connectivity index (χ0) is 13.9. The van der Waals surface area contributed by atoms with Gasteiger partial charge in [0.05, 0.1) is 0 Å². The molecule has 2 rings (SSSR count). The van der Waals surface area contributed by atoms with Crippen molar-refractivity contribution in [3.8, 4) is 0 Å². The average Bonchev–Trinajstić information content (AvgIpc) is 2.95. The maximum atomic E-state index is 11.9. The molecule has 0 spiro atoms. The quantitative estimate of drug-likeness (QED) is 0.811. The highest BCUT2D eigenvalue weighted by molar-refractivity contribution is 5.85. The molecule has 3 N–H and O–H groups in total. The molecular formula is C14H24N4O. The van der Waals surface area contributed by atoms with Crippen LogP contribution in [0.1, 0.15) is 38.4 Å². The van der Waals surface area contributed by atoms with Crippen LogP contribution in [0.5, 0.6) is 0 Å². The average molecular weight is 264 g/mol. The van der Waals surface area contributed by atoms with E-state index in [-0.39, 0.29) is 5.91 Å². The maximum Gasteiger partial charge on any atom is 0.238 e. The largest absolute Gasteiger partial charge is 0.368 e. The van der Waals surface area contributed by atoms with Crippen molar-refractivity contribution in [2.75, 3.05) is 6.54 Å². The minimum atomic E-state index is -0.497. The molecule has 2 unspecified atom stereocenters. The number of hydrogen-bond donors (Lipinski definition) is 2. The van der Waals surface area contributed by atoms with E-state index in [1.165, 1.54) is 0 Å². The molecule has 106 valence electrons. The van der Waals surface area contributed by atoms with E-state index in [0.29, 0.717) is 5.92 Å². The number of rotatable bonds is 6. The summed E-state index contributed by atoms with van der Waals surface area (Å²) < 4.78 is 2.13. The van der Waals surface area contributed by atoms with Crippen LogP contribution in [0.25, 0.3) is 0 Å². The summed E-state index contributed by atoms with van der Waals surface area (Å²) in [5.41, 5.74) is 5.17. The normalized spacial score (nSPS) is 26.7. The summed E-state index contributed by atoms with van der Waals surface area (Å²) in [5, 5.41) is 3.35. The van der Waals surface area contributed by atoms with Crippen molar-refractivity contribution in [1.82, 2.24) is 14.9 Å². The first-order valence-electron chi connectivity index (χ1n) is 7.13. The lowest BCUT2D eigenvalue weighted by molar-refractivity contribution is -0.126. The first kappa shape index (κ1) is 14.1. The Hall–Kier alpha value is -1.36. The maximum absolute atomic E-state index is 11.9. The molecule has 19 heavy (non-hydrogen) atoms. The van der Waals surface area contributed by atoms with Crippen LogP contribution in [-0.4, -0.2) is 27.5 Å². The Labute approximate surface area is 114 Å². The number of carbonyl (C=O) groups is 1. The molecule has 1 aliphatic rings. The highest BCUT2D eigenvalue weighted by Crippen LogP contribution is 2.38. The second-order valence-electron chi connectivity index (χ2n) is 5.41. The lowest BCUT2D eigenvalue weighted by Crippen LogP contribution is -2.58. The van der Waals surface area contributed by atoms with E-state index in [9.17, 15) is 4.79 Å². The second kappa shape index (κ2) is 5.74. The molecule has 0 aromatic carbocycles. The summed E-state index contributed by atoms with van der Waals surface area (Å²) >= 11 is 0. The van der Waals surface area contributed by atoms with Gasteiger partial charge in [-0.05, 0) is 38.6 Å². The van der Waals surface area contributed by atoms with Gasteiger partial charge in [-0.3, -0.25) is 4.79 Å². The number of carbonyl (C=O) groups excluding carboxylic acids is 1. The fraction of sp³-hybridized carbons (Fsp3) is 0.714. The molecule has 1 heterocycles. The van der Waals surface area contributed by atoms with Gasteiger partial charge < -0.3 is 15.6 Å². The first-order chi connectivity index (χ1) is 9.10. The third kappa shape index (κ3) is 2.66. The van der Waals surface area contributed by atoms with Crippen LogP contribution in [0, 0.1) is 12.8 Å². The van der Waals surface area contributed by atoms with E-state index in [0.717, 1.165) is 44.6 Å². The van der Waals surface area contributed by atoms with Gasteiger partial charge in [-0.1, -0.05) is 13.3 Å². The van der Waals surface area contributed by atoms with Gasteiger partial charge in [-0.15, -0.1) is 0 Å². The van der Waals surface area contributed by atoms with Gasteiger partial charge in [0.15, 0.2) is 0 Å². The van der Waals surface area contributed by atoms with Crippen LogP contribution in [-0.2, 0) is 11.3 Å². The first-order valence-corrected chi connectivity index (χ1v) is 7.13. The Morgan fingerprint density at radius 2 is 2.47 bits per heavy atom. The van der Waals surface area contributed by atoms with E-state index in [1.807, 2.05) is 26.2 Å². The number of likely N-dealkylation sites (N-methyl/N-ethyl adjacent to an activating group) is 1. The van der Waals surface area contributed by atoms with Gasteiger partial charge in [0, 0.05) is 18.9 Å². The molecule has 5 nitrogen and oxygen atoms in total. The van der Waals surface area contributed by atoms with Gasteiger partial charge in [0.1, 0.15) is 11.4 Å². The molecule has 0 radical (unpaired) electrons. The van der Waals surface area contributed by atoms with E-state index in [1.54, 1.807) is 0 Å². The van der Waals surface area contributed by atoms with Crippen molar-refractivity contribution in [3.05, 3.63) is 18.2 Å². The minimum Gasteiger partial charge on any atom is -0.368 e. The Morgan fingerprint density at radius 1 is 1.68 bits per heavy atom. The van der Waals surface area contributed by atoms with Crippen molar-refractivity contribution >= 4 is 5.91 Å². The molecule has 5 heteroatoms. The smallest absolute Gasteiger partial charge is 0.238 e. The van der Waals surface area contributed by atoms with Crippen LogP contribution < -0.4 is 11.1 Å². The fourth-order valence-corrected chi connectivity index (χ4v) is 3.36. The summed E-state index contributed by atoms with van der Waals surface area (Å²) in [6.45, 7) is 5.71. The highest BCUT2D eigenvalue weighted by Gasteiger charge is 2.46. The van der Waals surface area contributed by atoms with Gasteiger partial charge in [-0.25, -0.2) is 4.98 Å². The van der Waals surface area contributed by atoms with Crippen molar-refractivity contribution in [3.63, 3.8) is 0 Å². The number of hydrogen-bond acceptors (Lipinski definition) is 3. The predicted octanol–water partition coefficient (Wildman–Crippen LogP) is 1.22. The van der Waals surface area contributed by atoms with Crippen LogP contribution >= 0.6 is 0 Å². The van der Waals surface area contributed by atoms with Gasteiger partial charge in [0.25, 0.3) is 0 Å². The van der Waals surface area contributed by atoms with Crippen LogP contribution in [0.4, 0.5) is 0 Å². The van der Waals surface area contributed by atoms with Crippen molar-refractivity contribution in [1.29, 1.82) is 0 Å². The molecule has 0 aliphatic heterocycles. The number of nitrogens with one attached hydrogen (secondary N) is 1. The Kier molecular flexibility index (Phi) is 4.24. The minimum absolute atomic E-state index is 0.195. The summed E-state index contributed by atoms with van der Waals surface area (Å²) in [4.78, 5) is 16.1.